The van der Waals surface area contributed by atoms with Crippen LogP contribution >= 0.6 is 11.6 Å². The molecule has 6 heteroatoms. The first-order valence-corrected chi connectivity index (χ1v) is 8.49. The number of hydrogen-bond acceptors (Lipinski definition) is 5. The molecular weight excluding hydrogens is 314 g/mol. The van der Waals surface area contributed by atoms with Crippen molar-refractivity contribution in [1.82, 2.24) is 15.0 Å². The van der Waals surface area contributed by atoms with Crippen LogP contribution in [-0.4, -0.2) is 41.3 Å². The van der Waals surface area contributed by atoms with Crippen LogP contribution in [0.15, 0.2) is 28.8 Å². The molecular formula is C17H22ClN3O2. The molecule has 0 N–H and O–H groups in total. The van der Waals surface area contributed by atoms with Gasteiger partial charge in [0.15, 0.2) is 5.82 Å². The molecule has 0 radical (unpaired) electrons. The van der Waals surface area contributed by atoms with Gasteiger partial charge in [0.25, 0.3) is 0 Å². The molecule has 0 amide bonds. The zero-order valence-electron chi connectivity index (χ0n) is 13.4. The van der Waals surface area contributed by atoms with Crippen molar-refractivity contribution in [2.75, 3.05) is 26.2 Å². The van der Waals surface area contributed by atoms with E-state index in [1.807, 2.05) is 31.2 Å². The number of nitrogens with zero attached hydrogens (tertiary/aromatic N) is 3. The number of hydrogen-bond donors (Lipinski definition) is 0. The van der Waals surface area contributed by atoms with Crippen molar-refractivity contribution in [2.24, 2.45) is 0 Å². The van der Waals surface area contributed by atoms with Crippen LogP contribution in [0.25, 0.3) is 0 Å². The molecule has 0 aliphatic carbocycles. The molecule has 0 saturated carbocycles. The molecule has 1 saturated heterocycles. The zero-order chi connectivity index (χ0) is 16.1. The van der Waals surface area contributed by atoms with E-state index in [1.165, 1.54) is 6.42 Å². The lowest BCUT2D eigenvalue weighted by Gasteiger charge is -2.30. The van der Waals surface area contributed by atoms with E-state index < -0.39 is 0 Å². The molecule has 2 heterocycles. The van der Waals surface area contributed by atoms with Crippen molar-refractivity contribution >= 4 is 11.6 Å². The molecule has 1 aliphatic rings. The molecule has 1 atom stereocenters. The summed E-state index contributed by atoms with van der Waals surface area (Å²) in [5.41, 5.74) is 0. The van der Waals surface area contributed by atoms with Gasteiger partial charge in [-0.25, -0.2) is 0 Å². The SMILES string of the molecule is Cc1noc([C@@H]2CCCN(CCCOc3ccc(Cl)cc3)C2)n1. The Hall–Kier alpha value is -1.59. The van der Waals surface area contributed by atoms with E-state index >= 15 is 0 Å². The minimum atomic E-state index is 0.363. The maximum absolute atomic E-state index is 5.86. The fraction of sp³-hybridized carbons (Fsp3) is 0.529. The predicted molar refractivity (Wildman–Crippen MR) is 89.0 cm³/mol. The Bertz CT molecular complexity index is 615. The lowest BCUT2D eigenvalue weighted by atomic mass is 9.98. The minimum Gasteiger partial charge on any atom is -0.494 e. The molecule has 1 fully saturated rings. The molecule has 5 nitrogen and oxygen atoms in total. The van der Waals surface area contributed by atoms with Crippen LogP contribution in [0.2, 0.25) is 5.02 Å². The monoisotopic (exact) mass is 335 g/mol. The van der Waals surface area contributed by atoms with Crippen molar-refractivity contribution in [3.8, 4) is 5.75 Å². The first kappa shape index (κ1) is 16.3. The summed E-state index contributed by atoms with van der Waals surface area (Å²) < 4.78 is 11.1. The quantitative estimate of drug-likeness (QED) is 0.754. The molecule has 1 aliphatic heterocycles. The van der Waals surface area contributed by atoms with Crippen LogP contribution in [0, 0.1) is 6.92 Å². The summed E-state index contributed by atoms with van der Waals surface area (Å²) >= 11 is 5.86. The highest BCUT2D eigenvalue weighted by atomic mass is 35.5. The number of piperidine rings is 1. The van der Waals surface area contributed by atoms with Gasteiger partial charge >= 0.3 is 0 Å². The van der Waals surface area contributed by atoms with Crippen LogP contribution in [0.1, 0.15) is 36.9 Å². The number of ether oxygens (including phenoxy) is 1. The van der Waals surface area contributed by atoms with Gasteiger partial charge in [0.2, 0.25) is 5.89 Å². The third-order valence-corrected chi connectivity index (χ3v) is 4.35. The molecule has 1 aromatic heterocycles. The smallest absolute Gasteiger partial charge is 0.231 e. The maximum atomic E-state index is 5.86. The highest BCUT2D eigenvalue weighted by Crippen LogP contribution is 2.25. The highest BCUT2D eigenvalue weighted by molar-refractivity contribution is 6.30. The second-order valence-corrected chi connectivity index (χ2v) is 6.41. The number of aromatic nitrogens is 2. The standard InChI is InChI=1S/C17H22ClN3O2/c1-13-19-17(23-20-13)14-4-2-9-21(12-14)10-3-11-22-16-7-5-15(18)6-8-16/h5-8,14H,2-4,9-12H2,1H3/t14-/m1/s1. The average molecular weight is 336 g/mol. The van der Waals surface area contributed by atoms with Crippen molar-refractivity contribution in [3.63, 3.8) is 0 Å². The van der Waals surface area contributed by atoms with Crippen LogP contribution in [-0.2, 0) is 0 Å². The number of aryl methyl sites for hydroxylation is 1. The van der Waals surface area contributed by atoms with Gasteiger partial charge in [-0.1, -0.05) is 16.8 Å². The van der Waals surface area contributed by atoms with E-state index in [0.29, 0.717) is 18.3 Å². The molecule has 0 unspecified atom stereocenters. The predicted octanol–water partition coefficient (Wildman–Crippen LogP) is 3.68. The van der Waals surface area contributed by atoms with Crippen LogP contribution in [0.5, 0.6) is 5.75 Å². The van der Waals surface area contributed by atoms with Gasteiger partial charge in [-0.15, -0.1) is 0 Å². The van der Waals surface area contributed by atoms with Crippen molar-refractivity contribution < 1.29 is 9.26 Å². The Balaban J connectivity index is 1.40. The Morgan fingerprint density at radius 3 is 2.91 bits per heavy atom. The fourth-order valence-corrected chi connectivity index (χ4v) is 3.07. The van der Waals surface area contributed by atoms with Crippen LogP contribution in [0.3, 0.4) is 0 Å². The Labute approximate surface area is 141 Å². The van der Waals surface area contributed by atoms with Gasteiger partial charge in [0.1, 0.15) is 5.75 Å². The lowest BCUT2D eigenvalue weighted by Crippen LogP contribution is -2.35. The van der Waals surface area contributed by atoms with Gasteiger partial charge in [0, 0.05) is 18.1 Å². The van der Waals surface area contributed by atoms with E-state index in [9.17, 15) is 0 Å². The van der Waals surface area contributed by atoms with Crippen molar-refractivity contribution in [1.29, 1.82) is 0 Å². The first-order chi connectivity index (χ1) is 11.2. The van der Waals surface area contributed by atoms with E-state index in [1.54, 1.807) is 0 Å². The third-order valence-electron chi connectivity index (χ3n) is 4.10. The summed E-state index contributed by atoms with van der Waals surface area (Å²) in [6, 6.07) is 7.49. The summed E-state index contributed by atoms with van der Waals surface area (Å²) in [5, 5.41) is 4.63. The normalized spacial score (nSPS) is 19.0. The van der Waals surface area contributed by atoms with Gasteiger partial charge in [0.05, 0.1) is 12.5 Å². The van der Waals surface area contributed by atoms with Gasteiger partial charge in [-0.2, -0.15) is 4.98 Å². The van der Waals surface area contributed by atoms with Crippen LogP contribution < -0.4 is 4.74 Å². The molecule has 0 spiro atoms. The average Bonchev–Trinajstić information content (AvgIpc) is 3.00. The second kappa shape index (κ2) is 7.79. The topological polar surface area (TPSA) is 51.4 Å². The van der Waals surface area contributed by atoms with Crippen LogP contribution in [0.4, 0.5) is 0 Å². The summed E-state index contributed by atoms with van der Waals surface area (Å²) in [5.74, 6) is 2.73. The summed E-state index contributed by atoms with van der Waals surface area (Å²) in [7, 11) is 0. The highest BCUT2D eigenvalue weighted by Gasteiger charge is 2.25. The number of likely N-dealkylation sites (tertiary alicyclic amines) is 1. The maximum Gasteiger partial charge on any atom is 0.231 e. The summed E-state index contributed by atoms with van der Waals surface area (Å²) in [6.45, 7) is 5.72. The molecule has 23 heavy (non-hydrogen) atoms. The first-order valence-electron chi connectivity index (χ1n) is 8.11. The van der Waals surface area contributed by atoms with E-state index in [0.717, 1.165) is 49.1 Å². The Morgan fingerprint density at radius 1 is 1.35 bits per heavy atom. The lowest BCUT2D eigenvalue weighted by molar-refractivity contribution is 0.173. The van der Waals surface area contributed by atoms with E-state index in [2.05, 4.69) is 15.0 Å². The van der Waals surface area contributed by atoms with Gasteiger partial charge in [-0.05, 0) is 57.0 Å². The van der Waals surface area contributed by atoms with Gasteiger partial charge in [-0.3, -0.25) is 0 Å². The minimum absolute atomic E-state index is 0.363. The zero-order valence-corrected chi connectivity index (χ0v) is 14.1. The summed E-state index contributed by atoms with van der Waals surface area (Å²) in [6.07, 6.45) is 3.29. The molecule has 0 bridgehead atoms. The Morgan fingerprint density at radius 2 is 2.17 bits per heavy atom. The molecule has 124 valence electrons. The number of rotatable bonds is 6. The van der Waals surface area contributed by atoms with Crippen molar-refractivity contribution in [2.45, 2.75) is 32.1 Å². The summed E-state index contributed by atoms with van der Waals surface area (Å²) in [4.78, 5) is 6.83. The van der Waals surface area contributed by atoms with E-state index in [-0.39, 0.29) is 0 Å². The molecule has 1 aromatic carbocycles. The Kier molecular flexibility index (Phi) is 5.51. The second-order valence-electron chi connectivity index (χ2n) is 5.98. The number of halogens is 1. The number of benzene rings is 1. The molecule has 3 rings (SSSR count). The third kappa shape index (κ3) is 4.69. The van der Waals surface area contributed by atoms with Gasteiger partial charge < -0.3 is 14.2 Å². The fourth-order valence-electron chi connectivity index (χ4n) is 2.95. The van der Waals surface area contributed by atoms with E-state index in [4.69, 9.17) is 20.9 Å². The molecule has 2 aromatic rings. The largest absolute Gasteiger partial charge is 0.494 e. The van der Waals surface area contributed by atoms with Crippen molar-refractivity contribution in [3.05, 3.63) is 41.0 Å².